The van der Waals surface area contributed by atoms with Crippen molar-refractivity contribution in [3.63, 3.8) is 0 Å². The molecule has 0 aliphatic rings. The highest BCUT2D eigenvalue weighted by Gasteiger charge is 2.06. The van der Waals surface area contributed by atoms with Gasteiger partial charge in [-0.15, -0.1) is 0 Å². The van der Waals surface area contributed by atoms with Gasteiger partial charge in [-0.05, 0) is 37.7 Å². The predicted molar refractivity (Wildman–Crippen MR) is 76.4 cm³/mol. The Morgan fingerprint density at radius 3 is 2.83 bits per heavy atom. The molecule has 18 heavy (non-hydrogen) atoms. The van der Waals surface area contributed by atoms with E-state index in [1.54, 1.807) is 0 Å². The van der Waals surface area contributed by atoms with Crippen LogP contribution in [-0.2, 0) is 6.54 Å². The van der Waals surface area contributed by atoms with E-state index >= 15 is 0 Å². The minimum Gasteiger partial charge on any atom is -0.330 e. The summed E-state index contributed by atoms with van der Waals surface area (Å²) in [5, 5.41) is 1.21. The second kappa shape index (κ2) is 6.47. The minimum atomic E-state index is 0.754. The topological polar surface area (TPSA) is 42.1 Å². The number of hydrogen-bond donors (Lipinski definition) is 1. The number of hydrogen-bond acceptors (Lipinski definition) is 3. The average molecular weight is 243 g/mol. The molecule has 1 aromatic carbocycles. The smallest absolute Gasteiger partial charge is 0.0746 e. The van der Waals surface area contributed by atoms with Crippen LogP contribution < -0.4 is 5.73 Å². The van der Waals surface area contributed by atoms with E-state index in [1.165, 1.54) is 10.9 Å². The summed E-state index contributed by atoms with van der Waals surface area (Å²) < 4.78 is 0. The van der Waals surface area contributed by atoms with Crippen LogP contribution in [0.1, 0.15) is 18.9 Å². The monoisotopic (exact) mass is 243 g/mol. The number of nitrogens with two attached hydrogens (primary N) is 1. The lowest BCUT2D eigenvalue weighted by Gasteiger charge is -2.20. The van der Waals surface area contributed by atoms with Crippen molar-refractivity contribution in [1.82, 2.24) is 9.88 Å². The van der Waals surface area contributed by atoms with E-state index in [0.717, 1.165) is 38.1 Å². The van der Waals surface area contributed by atoms with Gasteiger partial charge in [0.25, 0.3) is 0 Å². The average Bonchev–Trinajstić information content (AvgIpc) is 2.43. The molecule has 2 aromatic rings. The molecule has 0 saturated carbocycles. The molecular weight excluding hydrogens is 222 g/mol. The Bertz CT molecular complexity index is 491. The molecular formula is C15H21N3. The first-order valence-electron chi connectivity index (χ1n) is 6.60. The summed E-state index contributed by atoms with van der Waals surface area (Å²) in [5.41, 5.74) is 7.99. The van der Waals surface area contributed by atoms with Gasteiger partial charge in [-0.3, -0.25) is 9.88 Å². The second-order valence-electron chi connectivity index (χ2n) is 4.50. The van der Waals surface area contributed by atoms with Gasteiger partial charge < -0.3 is 5.73 Å². The molecule has 2 N–H and O–H groups in total. The summed E-state index contributed by atoms with van der Waals surface area (Å²) >= 11 is 0. The van der Waals surface area contributed by atoms with Crippen molar-refractivity contribution < 1.29 is 0 Å². The first-order chi connectivity index (χ1) is 8.85. The molecule has 0 fully saturated rings. The first-order valence-corrected chi connectivity index (χ1v) is 6.60. The lowest BCUT2D eigenvalue weighted by atomic mass is 10.1. The molecule has 0 aliphatic carbocycles. The second-order valence-corrected chi connectivity index (χ2v) is 4.50. The van der Waals surface area contributed by atoms with Crippen LogP contribution in [0.3, 0.4) is 0 Å². The minimum absolute atomic E-state index is 0.754. The lowest BCUT2D eigenvalue weighted by molar-refractivity contribution is 0.279. The van der Waals surface area contributed by atoms with Crippen molar-refractivity contribution in [3.05, 3.63) is 42.1 Å². The van der Waals surface area contributed by atoms with Gasteiger partial charge >= 0.3 is 0 Å². The molecule has 2 rings (SSSR count). The van der Waals surface area contributed by atoms with Crippen LogP contribution in [0, 0.1) is 0 Å². The van der Waals surface area contributed by atoms with Crippen LogP contribution in [0.15, 0.2) is 36.5 Å². The number of rotatable bonds is 6. The Hall–Kier alpha value is -1.45. The van der Waals surface area contributed by atoms with E-state index in [4.69, 9.17) is 5.73 Å². The Morgan fingerprint density at radius 1 is 1.22 bits per heavy atom. The third kappa shape index (κ3) is 3.06. The molecule has 0 spiro atoms. The first kappa shape index (κ1) is 13.0. The molecule has 0 radical (unpaired) electrons. The SMILES string of the molecule is CCN(CCCN)Cc1cccc2cccnc12. The number of aromatic nitrogens is 1. The summed E-state index contributed by atoms with van der Waals surface area (Å²) in [4.78, 5) is 6.91. The molecule has 0 aliphatic heterocycles. The van der Waals surface area contributed by atoms with Gasteiger partial charge in [0.1, 0.15) is 0 Å². The Labute approximate surface area is 109 Å². The summed E-state index contributed by atoms with van der Waals surface area (Å²) in [5.74, 6) is 0. The molecule has 0 atom stereocenters. The fourth-order valence-corrected chi connectivity index (χ4v) is 2.20. The third-order valence-electron chi connectivity index (χ3n) is 3.24. The van der Waals surface area contributed by atoms with E-state index in [1.807, 2.05) is 12.3 Å². The van der Waals surface area contributed by atoms with E-state index < -0.39 is 0 Å². The Kier molecular flexibility index (Phi) is 4.67. The van der Waals surface area contributed by atoms with Crippen molar-refractivity contribution in [2.24, 2.45) is 5.73 Å². The molecule has 0 amide bonds. The van der Waals surface area contributed by atoms with Crippen LogP contribution in [0.2, 0.25) is 0 Å². The molecule has 96 valence electrons. The maximum absolute atomic E-state index is 5.58. The zero-order valence-electron chi connectivity index (χ0n) is 11.0. The van der Waals surface area contributed by atoms with Crippen LogP contribution in [0.25, 0.3) is 10.9 Å². The lowest BCUT2D eigenvalue weighted by Crippen LogP contribution is -2.25. The van der Waals surface area contributed by atoms with Crippen molar-refractivity contribution in [2.45, 2.75) is 19.9 Å². The molecule has 0 saturated heterocycles. The quantitative estimate of drug-likeness (QED) is 0.847. The largest absolute Gasteiger partial charge is 0.330 e. The molecule has 3 heteroatoms. The predicted octanol–water partition coefficient (Wildman–Crippen LogP) is 2.41. The summed E-state index contributed by atoms with van der Waals surface area (Å²) in [6.45, 7) is 5.99. The van der Waals surface area contributed by atoms with Gasteiger partial charge in [0.05, 0.1) is 5.52 Å². The van der Waals surface area contributed by atoms with Crippen molar-refractivity contribution in [1.29, 1.82) is 0 Å². The van der Waals surface area contributed by atoms with Gasteiger partial charge in [-0.25, -0.2) is 0 Å². The molecule has 3 nitrogen and oxygen atoms in total. The van der Waals surface area contributed by atoms with Crippen LogP contribution in [-0.4, -0.2) is 29.5 Å². The van der Waals surface area contributed by atoms with Gasteiger partial charge in [-0.2, -0.15) is 0 Å². The van der Waals surface area contributed by atoms with Crippen LogP contribution >= 0.6 is 0 Å². The number of nitrogens with zero attached hydrogens (tertiary/aromatic N) is 2. The highest BCUT2D eigenvalue weighted by Crippen LogP contribution is 2.17. The third-order valence-corrected chi connectivity index (χ3v) is 3.24. The van der Waals surface area contributed by atoms with E-state index in [2.05, 4.69) is 41.1 Å². The Morgan fingerprint density at radius 2 is 2.06 bits per heavy atom. The number of para-hydroxylation sites is 1. The Balaban J connectivity index is 2.19. The van der Waals surface area contributed by atoms with Gasteiger partial charge in [0, 0.05) is 18.1 Å². The molecule has 1 heterocycles. The van der Waals surface area contributed by atoms with Crippen LogP contribution in [0.5, 0.6) is 0 Å². The van der Waals surface area contributed by atoms with Crippen molar-refractivity contribution >= 4 is 10.9 Å². The molecule has 1 aromatic heterocycles. The standard InChI is InChI=1S/C15H21N3/c1-2-18(11-5-9-16)12-14-7-3-6-13-8-4-10-17-15(13)14/h3-4,6-8,10H,2,5,9,11-12,16H2,1H3. The van der Waals surface area contributed by atoms with E-state index in [-0.39, 0.29) is 0 Å². The van der Waals surface area contributed by atoms with Crippen LogP contribution in [0.4, 0.5) is 0 Å². The fraction of sp³-hybridized carbons (Fsp3) is 0.400. The summed E-state index contributed by atoms with van der Waals surface area (Å²) in [7, 11) is 0. The summed E-state index contributed by atoms with van der Waals surface area (Å²) in [6.07, 6.45) is 2.91. The number of pyridine rings is 1. The van der Waals surface area contributed by atoms with E-state index in [9.17, 15) is 0 Å². The highest BCUT2D eigenvalue weighted by molar-refractivity contribution is 5.81. The van der Waals surface area contributed by atoms with Crippen molar-refractivity contribution in [3.8, 4) is 0 Å². The zero-order chi connectivity index (χ0) is 12.8. The van der Waals surface area contributed by atoms with Gasteiger partial charge in [0.15, 0.2) is 0 Å². The van der Waals surface area contributed by atoms with Gasteiger partial charge in [-0.1, -0.05) is 31.2 Å². The normalized spacial score (nSPS) is 11.3. The fourth-order valence-electron chi connectivity index (χ4n) is 2.20. The summed E-state index contributed by atoms with van der Waals surface area (Å²) in [6, 6.07) is 10.5. The van der Waals surface area contributed by atoms with Crippen molar-refractivity contribution in [2.75, 3.05) is 19.6 Å². The number of benzene rings is 1. The van der Waals surface area contributed by atoms with Gasteiger partial charge in [0.2, 0.25) is 0 Å². The zero-order valence-corrected chi connectivity index (χ0v) is 11.0. The molecule has 0 unspecified atom stereocenters. The number of fused-ring (bicyclic) bond motifs is 1. The highest BCUT2D eigenvalue weighted by atomic mass is 15.1. The maximum atomic E-state index is 5.58. The van der Waals surface area contributed by atoms with E-state index in [0.29, 0.717) is 0 Å². The maximum Gasteiger partial charge on any atom is 0.0746 e. The molecule has 0 bridgehead atoms.